The lowest BCUT2D eigenvalue weighted by atomic mass is 9.88. The number of nitrogens with one attached hydrogen (secondary N) is 2. The molecule has 0 bridgehead atoms. The van der Waals surface area contributed by atoms with E-state index in [1.54, 1.807) is 24.3 Å². The summed E-state index contributed by atoms with van der Waals surface area (Å²) in [6, 6.07) is 25.9. The molecule has 10 heteroatoms. The minimum Gasteiger partial charge on any atom is -0.507 e. The number of carbonyl (C=O) groups is 1. The van der Waals surface area contributed by atoms with Gasteiger partial charge in [-0.25, -0.2) is 14.8 Å². The standard InChI is InChI=1S/C34H21N5O5/c35-21-7-5-6-16(31(21)34(42)43)30-19-12-17(32-36-22-8-1-2-9-23(22)37-32)26(40)14-28(19)44-29-15-27(41)18(13-20(29)30)33-38-24-10-3-4-11-25(24)39-33/h1-15,40H,35H2,(H,36,37)(H,38,39)(H,42,43). The summed E-state index contributed by atoms with van der Waals surface area (Å²) in [5.41, 5.74) is 10.9. The third kappa shape index (κ3) is 3.82. The van der Waals surface area contributed by atoms with E-state index in [1.165, 1.54) is 18.2 Å². The van der Waals surface area contributed by atoms with Crippen LogP contribution in [0.3, 0.4) is 0 Å². The number of hydrogen-bond donors (Lipinski definition) is 5. The Morgan fingerprint density at radius 3 is 2.07 bits per heavy atom. The van der Waals surface area contributed by atoms with Gasteiger partial charge in [0, 0.05) is 34.3 Å². The SMILES string of the molecule is Nc1cccc(-c2c3cc(-c4nc5ccccc5[nH]4)c(=O)cc-3oc3cc(O)c(-c4nc5ccccc5[nH]4)cc23)c1C(=O)O. The zero-order valence-electron chi connectivity index (χ0n) is 22.8. The van der Waals surface area contributed by atoms with Gasteiger partial charge < -0.3 is 30.3 Å². The van der Waals surface area contributed by atoms with Gasteiger partial charge in [0.15, 0.2) is 5.43 Å². The number of carboxylic acids is 1. The topological polar surface area (TPSA) is 171 Å². The van der Waals surface area contributed by atoms with Gasteiger partial charge in [-0.3, -0.25) is 4.79 Å². The fourth-order valence-electron chi connectivity index (χ4n) is 5.80. The Morgan fingerprint density at radius 1 is 0.750 bits per heavy atom. The molecule has 0 atom stereocenters. The van der Waals surface area contributed by atoms with Crippen LogP contribution in [0, 0.1) is 0 Å². The third-order valence-electron chi connectivity index (χ3n) is 7.81. The summed E-state index contributed by atoms with van der Waals surface area (Å²) in [6.45, 7) is 0. The van der Waals surface area contributed by atoms with Crippen LogP contribution >= 0.6 is 0 Å². The third-order valence-corrected chi connectivity index (χ3v) is 7.81. The van der Waals surface area contributed by atoms with Crippen molar-refractivity contribution >= 4 is 44.7 Å². The highest BCUT2D eigenvalue weighted by Crippen LogP contribution is 2.46. The number of benzene rings is 5. The Kier molecular flexibility index (Phi) is 5.35. The predicted octanol–water partition coefficient (Wildman–Crippen LogP) is 6.64. The van der Waals surface area contributed by atoms with E-state index in [0.717, 1.165) is 11.0 Å². The van der Waals surface area contributed by atoms with E-state index in [2.05, 4.69) is 19.9 Å². The Hall–Kier alpha value is -6.42. The quantitative estimate of drug-likeness (QED) is 0.114. The number of aromatic nitrogens is 4. The van der Waals surface area contributed by atoms with E-state index in [0.29, 0.717) is 50.3 Å². The molecule has 6 aromatic rings. The van der Waals surface area contributed by atoms with Gasteiger partial charge in [0.25, 0.3) is 0 Å². The molecule has 3 heterocycles. The molecule has 6 N–H and O–H groups in total. The molecule has 8 rings (SSSR count). The molecular weight excluding hydrogens is 558 g/mol. The van der Waals surface area contributed by atoms with Gasteiger partial charge >= 0.3 is 5.97 Å². The Balaban J connectivity index is 1.49. The number of anilines is 1. The summed E-state index contributed by atoms with van der Waals surface area (Å²) in [6.07, 6.45) is 0. The number of nitrogens with two attached hydrogens (primary N) is 1. The number of carboxylic acid groups (broad SMARTS) is 1. The largest absolute Gasteiger partial charge is 0.507 e. The molecule has 0 saturated carbocycles. The van der Waals surface area contributed by atoms with Gasteiger partial charge in [-0.2, -0.15) is 0 Å². The number of nitrogen functional groups attached to an aromatic ring is 1. The maximum atomic E-state index is 13.4. The molecule has 0 radical (unpaired) electrons. The van der Waals surface area contributed by atoms with Crippen molar-refractivity contribution in [3.8, 4) is 51.0 Å². The zero-order valence-corrected chi connectivity index (χ0v) is 22.8. The Bertz CT molecular complexity index is 2420. The molecule has 44 heavy (non-hydrogen) atoms. The average molecular weight is 580 g/mol. The molecule has 0 spiro atoms. The smallest absolute Gasteiger partial charge is 0.338 e. The fourth-order valence-corrected chi connectivity index (χ4v) is 5.80. The number of nitrogens with zero attached hydrogens (tertiary/aromatic N) is 2. The molecule has 2 aromatic heterocycles. The number of fused-ring (bicyclic) bond motifs is 4. The minimum atomic E-state index is -1.21. The summed E-state index contributed by atoms with van der Waals surface area (Å²) in [5, 5.41) is 21.8. The monoisotopic (exact) mass is 579 g/mol. The van der Waals surface area contributed by atoms with Gasteiger partial charge in [0.2, 0.25) is 0 Å². The molecule has 10 nitrogen and oxygen atoms in total. The van der Waals surface area contributed by atoms with E-state index >= 15 is 0 Å². The first-order valence-electron chi connectivity index (χ1n) is 13.7. The minimum absolute atomic E-state index is 0.0753. The lowest BCUT2D eigenvalue weighted by Crippen LogP contribution is -2.09. The molecule has 0 fully saturated rings. The van der Waals surface area contributed by atoms with Crippen LogP contribution in [0.25, 0.3) is 78.3 Å². The van der Waals surface area contributed by atoms with Crippen LogP contribution in [0.4, 0.5) is 5.69 Å². The van der Waals surface area contributed by atoms with E-state index < -0.39 is 5.97 Å². The number of phenolic OH excluding ortho intramolecular Hbond substituents is 1. The van der Waals surface area contributed by atoms with Gasteiger partial charge in [0.05, 0.1) is 38.8 Å². The van der Waals surface area contributed by atoms with Crippen molar-refractivity contribution < 1.29 is 19.4 Å². The van der Waals surface area contributed by atoms with E-state index in [-0.39, 0.29) is 39.3 Å². The highest BCUT2D eigenvalue weighted by Gasteiger charge is 2.26. The molecule has 212 valence electrons. The predicted molar refractivity (Wildman–Crippen MR) is 168 cm³/mol. The maximum Gasteiger partial charge on any atom is 0.338 e. The Labute approximate surface area is 247 Å². The van der Waals surface area contributed by atoms with E-state index in [1.807, 2.05) is 48.5 Å². The van der Waals surface area contributed by atoms with Crippen LogP contribution < -0.4 is 11.2 Å². The fraction of sp³-hybridized carbons (Fsp3) is 0. The number of H-pyrrole nitrogens is 2. The Morgan fingerprint density at radius 2 is 1.41 bits per heavy atom. The van der Waals surface area contributed by atoms with Crippen molar-refractivity contribution in [1.29, 1.82) is 0 Å². The molecule has 2 aliphatic rings. The van der Waals surface area contributed by atoms with Crippen LogP contribution in [0.5, 0.6) is 5.75 Å². The number of rotatable bonds is 4. The molecular formula is C34H21N5O5. The van der Waals surface area contributed by atoms with Crippen molar-refractivity contribution in [3.63, 3.8) is 0 Å². The van der Waals surface area contributed by atoms with Gasteiger partial charge in [-0.15, -0.1) is 0 Å². The van der Waals surface area contributed by atoms with Crippen LogP contribution in [0.1, 0.15) is 10.4 Å². The van der Waals surface area contributed by atoms with Crippen LogP contribution in [-0.2, 0) is 0 Å². The van der Waals surface area contributed by atoms with Crippen LogP contribution in [0.15, 0.2) is 100 Å². The summed E-state index contributed by atoms with van der Waals surface area (Å²) in [5.74, 6) is -0.344. The molecule has 0 saturated heterocycles. The normalized spacial score (nSPS) is 11.6. The summed E-state index contributed by atoms with van der Waals surface area (Å²) in [4.78, 5) is 41.7. The lowest BCUT2D eigenvalue weighted by Gasteiger charge is -2.19. The van der Waals surface area contributed by atoms with Crippen molar-refractivity contribution in [3.05, 3.63) is 107 Å². The van der Waals surface area contributed by atoms with Crippen molar-refractivity contribution in [1.82, 2.24) is 19.9 Å². The van der Waals surface area contributed by atoms with Gasteiger partial charge in [-0.1, -0.05) is 36.4 Å². The van der Waals surface area contributed by atoms with E-state index in [9.17, 15) is 19.8 Å². The first-order valence-corrected chi connectivity index (χ1v) is 13.7. The summed E-state index contributed by atoms with van der Waals surface area (Å²) >= 11 is 0. The van der Waals surface area contributed by atoms with Gasteiger partial charge in [0.1, 0.15) is 28.7 Å². The van der Waals surface area contributed by atoms with Gasteiger partial charge in [-0.05, 0) is 48.0 Å². The number of phenols is 1. The van der Waals surface area contributed by atoms with Crippen LogP contribution in [-0.4, -0.2) is 36.1 Å². The average Bonchev–Trinajstić information content (AvgIpc) is 3.63. The highest BCUT2D eigenvalue weighted by atomic mass is 16.4. The summed E-state index contributed by atoms with van der Waals surface area (Å²) in [7, 11) is 0. The number of aromatic amines is 2. The highest BCUT2D eigenvalue weighted by molar-refractivity contribution is 6.11. The second-order valence-electron chi connectivity index (χ2n) is 10.5. The number of para-hydroxylation sites is 4. The molecule has 0 amide bonds. The lowest BCUT2D eigenvalue weighted by molar-refractivity contribution is 0.0699. The maximum absolute atomic E-state index is 13.4. The van der Waals surface area contributed by atoms with E-state index in [4.69, 9.17) is 10.2 Å². The second-order valence-corrected chi connectivity index (χ2v) is 10.5. The second kappa shape index (κ2) is 9.30. The molecule has 1 aliphatic carbocycles. The number of aromatic carboxylic acids is 1. The number of hydrogen-bond acceptors (Lipinski definition) is 7. The number of imidazole rings is 2. The first-order chi connectivity index (χ1) is 21.4. The molecule has 0 unspecified atom stereocenters. The zero-order chi connectivity index (χ0) is 30.1. The number of aromatic hydroxyl groups is 1. The van der Waals surface area contributed by atoms with Crippen molar-refractivity contribution in [2.45, 2.75) is 0 Å². The molecule has 1 aliphatic heterocycles. The van der Waals surface area contributed by atoms with Crippen LogP contribution in [0.2, 0.25) is 0 Å². The summed E-state index contributed by atoms with van der Waals surface area (Å²) < 4.78 is 6.20. The first kappa shape index (κ1) is 25.3. The van der Waals surface area contributed by atoms with Crippen molar-refractivity contribution in [2.24, 2.45) is 0 Å². The van der Waals surface area contributed by atoms with Crippen molar-refractivity contribution in [2.75, 3.05) is 5.73 Å². The molecule has 4 aromatic carbocycles.